The molecule has 0 radical (unpaired) electrons. The van der Waals surface area contributed by atoms with Gasteiger partial charge in [0.1, 0.15) is 18.7 Å². The highest BCUT2D eigenvalue weighted by Gasteiger charge is 2.10. The highest BCUT2D eigenvalue weighted by Crippen LogP contribution is 2.21. The quantitative estimate of drug-likeness (QED) is 0.507. The van der Waals surface area contributed by atoms with Crippen molar-refractivity contribution in [2.24, 2.45) is 12.2 Å². The Morgan fingerprint density at radius 3 is 2.84 bits per heavy atom. The predicted octanol–water partition coefficient (Wildman–Crippen LogP) is 1.98. The summed E-state index contributed by atoms with van der Waals surface area (Å²) in [5.41, 5.74) is 1.38. The van der Waals surface area contributed by atoms with E-state index < -0.39 is 0 Å². The third-order valence-electron chi connectivity index (χ3n) is 2.82. The number of para-hydroxylation sites is 1. The van der Waals surface area contributed by atoms with E-state index in [4.69, 9.17) is 9.94 Å². The third kappa shape index (κ3) is 2.90. The average Bonchev–Trinajstić information content (AvgIpc) is 2.84. The van der Waals surface area contributed by atoms with E-state index in [-0.39, 0.29) is 0 Å². The van der Waals surface area contributed by atoms with Crippen LogP contribution in [0.4, 0.5) is 0 Å². The van der Waals surface area contributed by atoms with Gasteiger partial charge in [0, 0.05) is 12.6 Å². The number of aromatic nitrogens is 3. The lowest BCUT2D eigenvalue weighted by atomic mass is 10.1. The monoisotopic (exact) mass is 260 g/mol. The highest BCUT2D eigenvalue weighted by atomic mass is 16.5. The molecule has 0 amide bonds. The summed E-state index contributed by atoms with van der Waals surface area (Å²) in [4.78, 5) is 4.09. The lowest BCUT2D eigenvalue weighted by molar-refractivity contribution is 0.288. The number of nitrogens with zero attached hydrogens (tertiary/aromatic N) is 4. The van der Waals surface area contributed by atoms with Gasteiger partial charge in [0.2, 0.25) is 0 Å². The highest BCUT2D eigenvalue weighted by molar-refractivity contribution is 6.02. The molecule has 0 saturated heterocycles. The first-order chi connectivity index (χ1) is 9.26. The molecule has 0 aliphatic carbocycles. The largest absolute Gasteiger partial charge is 0.485 e. The van der Waals surface area contributed by atoms with E-state index in [1.54, 1.807) is 4.68 Å². The molecule has 0 aliphatic rings. The maximum absolute atomic E-state index is 9.01. The number of ether oxygens (including phenoxy) is 1. The van der Waals surface area contributed by atoms with Crippen LogP contribution < -0.4 is 4.74 Å². The molecule has 0 atom stereocenters. The van der Waals surface area contributed by atoms with Gasteiger partial charge < -0.3 is 9.94 Å². The van der Waals surface area contributed by atoms with Gasteiger partial charge >= 0.3 is 0 Å². The standard InChI is InChI=1S/C13H16N4O2/c1-3-11(16-18)10-6-4-5-7-12(10)19-8-13-14-9-15-17(13)2/h4-7,9,18H,3,8H2,1-2H3. The Morgan fingerprint density at radius 2 is 2.21 bits per heavy atom. The molecule has 6 nitrogen and oxygen atoms in total. The van der Waals surface area contributed by atoms with Crippen molar-refractivity contribution in [1.82, 2.24) is 14.8 Å². The molecular formula is C13H16N4O2. The molecule has 0 spiro atoms. The van der Waals surface area contributed by atoms with E-state index in [2.05, 4.69) is 15.2 Å². The second kappa shape index (κ2) is 5.99. The molecule has 1 heterocycles. The smallest absolute Gasteiger partial charge is 0.164 e. The average molecular weight is 260 g/mol. The maximum atomic E-state index is 9.01. The molecule has 6 heteroatoms. The second-order valence-corrected chi connectivity index (χ2v) is 3.98. The first-order valence-corrected chi connectivity index (χ1v) is 6.02. The van der Waals surface area contributed by atoms with Crippen molar-refractivity contribution < 1.29 is 9.94 Å². The van der Waals surface area contributed by atoms with Crippen molar-refractivity contribution in [3.63, 3.8) is 0 Å². The number of aryl methyl sites for hydroxylation is 1. The van der Waals surface area contributed by atoms with Gasteiger partial charge in [0.25, 0.3) is 0 Å². The van der Waals surface area contributed by atoms with Gasteiger partial charge in [-0.25, -0.2) is 4.98 Å². The van der Waals surface area contributed by atoms with Gasteiger partial charge in [0.05, 0.1) is 5.71 Å². The zero-order chi connectivity index (χ0) is 13.7. The number of hydrogen-bond donors (Lipinski definition) is 1. The molecule has 0 aliphatic heterocycles. The van der Waals surface area contributed by atoms with Crippen molar-refractivity contribution in [3.05, 3.63) is 42.0 Å². The third-order valence-corrected chi connectivity index (χ3v) is 2.82. The van der Waals surface area contributed by atoms with Gasteiger partial charge in [-0.2, -0.15) is 5.10 Å². The van der Waals surface area contributed by atoms with Gasteiger partial charge in [-0.3, -0.25) is 4.68 Å². The molecule has 100 valence electrons. The molecule has 0 saturated carbocycles. The van der Waals surface area contributed by atoms with E-state index in [9.17, 15) is 0 Å². The van der Waals surface area contributed by atoms with Crippen LogP contribution in [-0.2, 0) is 13.7 Å². The SMILES string of the molecule is CCC(=NO)c1ccccc1OCc1ncnn1C. The molecule has 0 bridgehead atoms. The zero-order valence-corrected chi connectivity index (χ0v) is 10.9. The summed E-state index contributed by atoms with van der Waals surface area (Å²) in [5.74, 6) is 1.40. The molecule has 1 N–H and O–H groups in total. The summed E-state index contributed by atoms with van der Waals surface area (Å²) in [7, 11) is 1.81. The van der Waals surface area contributed by atoms with E-state index in [1.165, 1.54) is 6.33 Å². The van der Waals surface area contributed by atoms with E-state index in [0.29, 0.717) is 24.5 Å². The van der Waals surface area contributed by atoms with Crippen LogP contribution in [-0.4, -0.2) is 25.7 Å². The fourth-order valence-corrected chi connectivity index (χ4v) is 1.74. The Morgan fingerprint density at radius 1 is 1.42 bits per heavy atom. The second-order valence-electron chi connectivity index (χ2n) is 3.98. The Hall–Kier alpha value is -2.37. The first-order valence-electron chi connectivity index (χ1n) is 6.02. The molecule has 0 fully saturated rings. The maximum Gasteiger partial charge on any atom is 0.164 e. The minimum atomic E-state index is 0.315. The molecule has 19 heavy (non-hydrogen) atoms. The van der Waals surface area contributed by atoms with Gasteiger partial charge in [-0.15, -0.1) is 0 Å². The van der Waals surface area contributed by atoms with Crippen LogP contribution in [0.1, 0.15) is 24.7 Å². The molecular weight excluding hydrogens is 244 g/mol. The van der Waals surface area contributed by atoms with Crippen molar-refractivity contribution in [1.29, 1.82) is 0 Å². The van der Waals surface area contributed by atoms with E-state index in [0.717, 1.165) is 11.4 Å². The van der Waals surface area contributed by atoms with Gasteiger partial charge in [0.15, 0.2) is 5.82 Å². The van der Waals surface area contributed by atoms with Gasteiger partial charge in [-0.05, 0) is 18.6 Å². The minimum Gasteiger partial charge on any atom is -0.485 e. The fourth-order valence-electron chi connectivity index (χ4n) is 1.74. The van der Waals surface area contributed by atoms with Crippen molar-refractivity contribution in [2.45, 2.75) is 20.0 Å². The van der Waals surface area contributed by atoms with Crippen LogP contribution in [0.15, 0.2) is 35.7 Å². The van der Waals surface area contributed by atoms with Crippen LogP contribution >= 0.6 is 0 Å². The Kier molecular flexibility index (Phi) is 4.12. The topological polar surface area (TPSA) is 72.5 Å². The van der Waals surface area contributed by atoms with Crippen LogP contribution in [0.3, 0.4) is 0 Å². The Bertz CT molecular complexity index is 578. The van der Waals surface area contributed by atoms with E-state index in [1.807, 2.05) is 38.2 Å². The normalized spacial score (nSPS) is 11.6. The Labute approximate surface area is 111 Å². The number of oxime groups is 1. The number of hydrogen-bond acceptors (Lipinski definition) is 5. The van der Waals surface area contributed by atoms with Crippen LogP contribution in [0.25, 0.3) is 0 Å². The Balaban J connectivity index is 2.19. The lowest BCUT2D eigenvalue weighted by Crippen LogP contribution is -2.08. The first kappa shape index (κ1) is 13.1. The summed E-state index contributed by atoms with van der Waals surface area (Å²) in [6.07, 6.45) is 2.11. The fraction of sp³-hybridized carbons (Fsp3) is 0.308. The molecule has 1 aromatic carbocycles. The summed E-state index contributed by atoms with van der Waals surface area (Å²) >= 11 is 0. The van der Waals surface area contributed by atoms with Crippen molar-refractivity contribution in [3.8, 4) is 5.75 Å². The molecule has 0 unspecified atom stereocenters. The van der Waals surface area contributed by atoms with E-state index >= 15 is 0 Å². The number of rotatable bonds is 5. The molecule has 1 aromatic heterocycles. The summed E-state index contributed by atoms with van der Waals surface area (Å²) in [5, 5.41) is 16.3. The lowest BCUT2D eigenvalue weighted by Gasteiger charge is -2.11. The summed E-state index contributed by atoms with van der Waals surface area (Å²) in [6.45, 7) is 2.24. The summed E-state index contributed by atoms with van der Waals surface area (Å²) < 4.78 is 7.39. The van der Waals surface area contributed by atoms with Crippen LogP contribution in [0.5, 0.6) is 5.75 Å². The number of benzene rings is 1. The van der Waals surface area contributed by atoms with Crippen LogP contribution in [0, 0.1) is 0 Å². The minimum absolute atomic E-state index is 0.315. The predicted molar refractivity (Wildman–Crippen MR) is 70.4 cm³/mol. The van der Waals surface area contributed by atoms with Crippen molar-refractivity contribution in [2.75, 3.05) is 0 Å². The molecule has 2 rings (SSSR count). The molecule has 2 aromatic rings. The zero-order valence-electron chi connectivity index (χ0n) is 10.9. The van der Waals surface area contributed by atoms with Crippen molar-refractivity contribution >= 4 is 5.71 Å². The van der Waals surface area contributed by atoms with Gasteiger partial charge in [-0.1, -0.05) is 24.2 Å². The van der Waals surface area contributed by atoms with Crippen LogP contribution in [0.2, 0.25) is 0 Å². The summed E-state index contributed by atoms with van der Waals surface area (Å²) in [6, 6.07) is 7.46.